The second-order valence-electron chi connectivity index (χ2n) is 5.93. The second-order valence-corrected chi connectivity index (χ2v) is 6.93. The summed E-state index contributed by atoms with van der Waals surface area (Å²) in [7, 11) is 0. The average molecular weight is 397 g/mol. The van der Waals surface area contributed by atoms with Crippen molar-refractivity contribution in [3.8, 4) is 22.8 Å². The van der Waals surface area contributed by atoms with Crippen molar-refractivity contribution in [2.24, 2.45) is 0 Å². The van der Waals surface area contributed by atoms with Gasteiger partial charge < -0.3 is 14.8 Å². The smallest absolute Gasteiger partial charge is 0.234 e. The highest BCUT2D eigenvalue weighted by Gasteiger charge is 2.13. The van der Waals surface area contributed by atoms with Crippen molar-refractivity contribution in [1.82, 2.24) is 10.2 Å². The molecule has 6 nitrogen and oxygen atoms in total. The van der Waals surface area contributed by atoms with E-state index in [0.29, 0.717) is 29.7 Å². The Morgan fingerprint density at radius 2 is 1.86 bits per heavy atom. The minimum atomic E-state index is -0.468. The molecular formula is C20H16FN3O3S. The van der Waals surface area contributed by atoms with Crippen LogP contribution in [0.2, 0.25) is 0 Å². The first kappa shape index (κ1) is 18.2. The zero-order valence-corrected chi connectivity index (χ0v) is 15.5. The highest BCUT2D eigenvalue weighted by atomic mass is 32.2. The first-order valence-electron chi connectivity index (χ1n) is 8.60. The van der Waals surface area contributed by atoms with E-state index in [2.05, 4.69) is 15.5 Å². The number of fused-ring (bicyclic) bond motifs is 1. The number of nitrogens with zero attached hydrogens (tertiary/aromatic N) is 2. The van der Waals surface area contributed by atoms with E-state index in [1.54, 1.807) is 18.2 Å². The number of carbonyl (C=O) groups excluding carboxylic acids is 1. The Bertz CT molecular complexity index is 998. The molecule has 0 bridgehead atoms. The molecule has 0 aliphatic carbocycles. The van der Waals surface area contributed by atoms with Gasteiger partial charge in [-0.05, 0) is 42.5 Å². The molecule has 28 heavy (non-hydrogen) atoms. The van der Waals surface area contributed by atoms with Crippen LogP contribution in [0.4, 0.5) is 10.1 Å². The zero-order valence-electron chi connectivity index (χ0n) is 14.7. The highest BCUT2D eigenvalue weighted by molar-refractivity contribution is 7.99. The fourth-order valence-corrected chi connectivity index (χ4v) is 3.26. The summed E-state index contributed by atoms with van der Waals surface area (Å²) in [5.74, 6) is 0.730. The summed E-state index contributed by atoms with van der Waals surface area (Å²) in [6, 6.07) is 15.3. The fraction of sp³-hybridized carbons (Fsp3) is 0.150. The molecule has 0 atom stereocenters. The van der Waals surface area contributed by atoms with Crippen molar-refractivity contribution in [1.29, 1.82) is 0 Å². The van der Waals surface area contributed by atoms with Gasteiger partial charge in [0.25, 0.3) is 0 Å². The average Bonchev–Trinajstić information content (AvgIpc) is 2.74. The molecule has 1 aliphatic heterocycles. The van der Waals surface area contributed by atoms with Gasteiger partial charge in [-0.15, -0.1) is 10.2 Å². The predicted octanol–water partition coefficient (Wildman–Crippen LogP) is 3.78. The van der Waals surface area contributed by atoms with Crippen LogP contribution in [-0.4, -0.2) is 35.1 Å². The summed E-state index contributed by atoms with van der Waals surface area (Å²) < 4.78 is 24.7. The molecule has 2 heterocycles. The number of hydrogen-bond acceptors (Lipinski definition) is 6. The van der Waals surface area contributed by atoms with Crippen LogP contribution >= 0.6 is 11.8 Å². The quantitative estimate of drug-likeness (QED) is 0.661. The molecule has 0 saturated heterocycles. The van der Waals surface area contributed by atoms with Gasteiger partial charge >= 0.3 is 0 Å². The van der Waals surface area contributed by atoms with E-state index in [4.69, 9.17) is 9.47 Å². The monoisotopic (exact) mass is 397 g/mol. The lowest BCUT2D eigenvalue weighted by Gasteiger charge is -2.18. The number of thioether (sulfide) groups is 1. The molecule has 1 amide bonds. The summed E-state index contributed by atoms with van der Waals surface area (Å²) in [6.45, 7) is 1.06. The summed E-state index contributed by atoms with van der Waals surface area (Å²) in [5.41, 5.74) is 1.72. The Morgan fingerprint density at radius 1 is 1.04 bits per heavy atom. The lowest BCUT2D eigenvalue weighted by Crippen LogP contribution is -2.15. The van der Waals surface area contributed by atoms with Crippen LogP contribution in [0.15, 0.2) is 59.6 Å². The SMILES string of the molecule is O=C(CSc1ccc(-c2ccc3c(c2)OCCO3)nn1)Nc1ccccc1F. The van der Waals surface area contributed by atoms with E-state index >= 15 is 0 Å². The number of nitrogens with one attached hydrogen (secondary N) is 1. The summed E-state index contributed by atoms with van der Waals surface area (Å²) in [4.78, 5) is 12.0. The molecule has 1 N–H and O–H groups in total. The third kappa shape index (κ3) is 4.23. The van der Waals surface area contributed by atoms with Gasteiger partial charge in [-0.1, -0.05) is 23.9 Å². The number of benzene rings is 2. The second kappa shape index (κ2) is 8.26. The Morgan fingerprint density at radius 3 is 2.64 bits per heavy atom. The summed E-state index contributed by atoms with van der Waals surface area (Å²) >= 11 is 1.23. The molecule has 0 unspecified atom stereocenters. The third-order valence-electron chi connectivity index (χ3n) is 3.98. The minimum Gasteiger partial charge on any atom is -0.486 e. The number of rotatable bonds is 5. The number of anilines is 1. The van der Waals surface area contributed by atoms with Crippen LogP contribution in [0.1, 0.15) is 0 Å². The maximum Gasteiger partial charge on any atom is 0.234 e. The molecular weight excluding hydrogens is 381 g/mol. The molecule has 0 spiro atoms. The third-order valence-corrected chi connectivity index (χ3v) is 4.90. The number of hydrogen-bond donors (Lipinski definition) is 1. The predicted molar refractivity (Wildman–Crippen MR) is 104 cm³/mol. The van der Waals surface area contributed by atoms with E-state index in [0.717, 1.165) is 11.3 Å². The molecule has 3 aromatic rings. The van der Waals surface area contributed by atoms with E-state index in [9.17, 15) is 9.18 Å². The summed E-state index contributed by atoms with van der Waals surface area (Å²) in [5, 5.41) is 11.5. The number of ether oxygens (including phenoxy) is 2. The van der Waals surface area contributed by atoms with Crippen LogP contribution < -0.4 is 14.8 Å². The van der Waals surface area contributed by atoms with Crippen LogP contribution in [0.3, 0.4) is 0 Å². The molecule has 1 aromatic heterocycles. The molecule has 142 valence electrons. The molecule has 4 rings (SSSR count). The fourth-order valence-electron chi connectivity index (χ4n) is 2.64. The van der Waals surface area contributed by atoms with Crippen molar-refractivity contribution < 1.29 is 18.7 Å². The molecule has 1 aliphatic rings. The standard InChI is InChI=1S/C20H16FN3O3S/c21-14-3-1-2-4-16(14)22-19(25)12-28-20-8-6-15(23-24-20)13-5-7-17-18(11-13)27-10-9-26-17/h1-8,11H,9-10,12H2,(H,22,25). The van der Waals surface area contributed by atoms with E-state index < -0.39 is 5.82 Å². The number of aromatic nitrogens is 2. The van der Waals surface area contributed by atoms with E-state index in [1.807, 2.05) is 24.3 Å². The molecule has 8 heteroatoms. The highest BCUT2D eigenvalue weighted by Crippen LogP contribution is 2.34. The van der Waals surface area contributed by atoms with Crippen LogP contribution in [-0.2, 0) is 4.79 Å². The minimum absolute atomic E-state index is 0.104. The van der Waals surface area contributed by atoms with Gasteiger partial charge in [0, 0.05) is 5.56 Å². The van der Waals surface area contributed by atoms with Crippen LogP contribution in [0.25, 0.3) is 11.3 Å². The van der Waals surface area contributed by atoms with Crippen molar-refractivity contribution in [3.05, 3.63) is 60.4 Å². The van der Waals surface area contributed by atoms with Crippen molar-refractivity contribution >= 4 is 23.4 Å². The van der Waals surface area contributed by atoms with Gasteiger partial charge in [-0.25, -0.2) is 4.39 Å². The van der Waals surface area contributed by atoms with E-state index in [1.165, 1.54) is 23.9 Å². The molecule has 0 radical (unpaired) electrons. The van der Waals surface area contributed by atoms with E-state index in [-0.39, 0.29) is 17.3 Å². The van der Waals surface area contributed by atoms with Crippen molar-refractivity contribution in [3.63, 3.8) is 0 Å². The van der Waals surface area contributed by atoms with Gasteiger partial charge in [-0.3, -0.25) is 4.79 Å². The Hall–Kier alpha value is -3.13. The van der Waals surface area contributed by atoms with Crippen LogP contribution in [0.5, 0.6) is 11.5 Å². The Kier molecular flexibility index (Phi) is 5.38. The van der Waals surface area contributed by atoms with Gasteiger partial charge in [-0.2, -0.15) is 0 Å². The summed E-state index contributed by atoms with van der Waals surface area (Å²) in [6.07, 6.45) is 0. The number of halogens is 1. The zero-order chi connectivity index (χ0) is 19.3. The number of amides is 1. The number of carbonyl (C=O) groups is 1. The Balaban J connectivity index is 1.37. The first-order chi connectivity index (χ1) is 13.7. The topological polar surface area (TPSA) is 73.3 Å². The largest absolute Gasteiger partial charge is 0.486 e. The van der Waals surface area contributed by atoms with Crippen molar-refractivity contribution in [2.45, 2.75) is 5.03 Å². The lowest BCUT2D eigenvalue weighted by atomic mass is 10.1. The van der Waals surface area contributed by atoms with Crippen LogP contribution in [0, 0.1) is 5.82 Å². The Labute approximate surface area is 165 Å². The van der Waals surface area contributed by atoms with Gasteiger partial charge in [0.2, 0.25) is 5.91 Å². The normalized spacial score (nSPS) is 12.5. The maximum absolute atomic E-state index is 13.6. The first-order valence-corrected chi connectivity index (χ1v) is 9.58. The molecule has 0 fully saturated rings. The van der Waals surface area contributed by atoms with Gasteiger partial charge in [0.05, 0.1) is 17.1 Å². The molecule has 0 saturated carbocycles. The van der Waals surface area contributed by atoms with Gasteiger partial charge in [0.15, 0.2) is 11.5 Å². The maximum atomic E-state index is 13.6. The number of para-hydroxylation sites is 1. The van der Waals surface area contributed by atoms with Crippen molar-refractivity contribution in [2.75, 3.05) is 24.3 Å². The van der Waals surface area contributed by atoms with Gasteiger partial charge in [0.1, 0.15) is 24.1 Å². The molecule has 2 aromatic carbocycles. The lowest BCUT2D eigenvalue weighted by molar-refractivity contribution is -0.113.